The second-order valence-electron chi connectivity index (χ2n) is 12.9. The number of aromatic nitrogens is 4. The maximum Gasteiger partial charge on any atom is 0.237 e. The van der Waals surface area contributed by atoms with E-state index >= 15 is 0 Å². The number of fused-ring (bicyclic) bond motifs is 1. The van der Waals surface area contributed by atoms with Gasteiger partial charge in [-0.15, -0.1) is 0 Å². The van der Waals surface area contributed by atoms with Gasteiger partial charge in [0.25, 0.3) is 0 Å². The van der Waals surface area contributed by atoms with Crippen molar-refractivity contribution in [3.05, 3.63) is 82.5 Å². The molecule has 250 valence electrons. The van der Waals surface area contributed by atoms with Gasteiger partial charge in [-0.25, -0.2) is 9.97 Å². The first-order chi connectivity index (χ1) is 23.3. The molecular formula is C36H39Cl2N7O3. The average molecular weight is 689 g/mol. The van der Waals surface area contributed by atoms with Crippen LogP contribution in [0.4, 0.5) is 0 Å². The summed E-state index contributed by atoms with van der Waals surface area (Å²) < 4.78 is 11.3. The van der Waals surface area contributed by atoms with E-state index in [0.29, 0.717) is 75.1 Å². The largest absolute Gasteiger partial charge is 0.480 e. The molecule has 48 heavy (non-hydrogen) atoms. The topological polar surface area (TPSA) is 118 Å². The Labute approximate surface area is 290 Å². The lowest BCUT2D eigenvalue weighted by Gasteiger charge is -2.40. The molecule has 5 heterocycles. The van der Waals surface area contributed by atoms with Crippen LogP contribution >= 0.6 is 23.2 Å². The number of hydrogen-bond donors (Lipinski definition) is 3. The lowest BCUT2D eigenvalue weighted by molar-refractivity contribution is 0.0324. The van der Waals surface area contributed by atoms with Crippen LogP contribution in [0.1, 0.15) is 37.1 Å². The number of aliphatic hydroxyl groups is 1. The van der Waals surface area contributed by atoms with Crippen molar-refractivity contribution in [3.63, 3.8) is 0 Å². The molecule has 1 saturated carbocycles. The number of hydrogen-bond acceptors (Lipinski definition) is 10. The Morgan fingerprint density at radius 3 is 2.08 bits per heavy atom. The minimum Gasteiger partial charge on any atom is -0.480 e. The molecule has 0 amide bonds. The second-order valence-corrected chi connectivity index (χ2v) is 13.7. The maximum absolute atomic E-state index is 10.0. The summed E-state index contributed by atoms with van der Waals surface area (Å²) in [6, 6.07) is 11.9. The van der Waals surface area contributed by atoms with E-state index in [2.05, 4.69) is 27.1 Å². The molecule has 2 bridgehead atoms. The third-order valence-electron chi connectivity index (χ3n) is 9.86. The minimum absolute atomic E-state index is 0.138. The van der Waals surface area contributed by atoms with Gasteiger partial charge in [-0.1, -0.05) is 66.2 Å². The molecule has 2 aromatic heterocycles. The number of rotatable bonds is 12. The summed E-state index contributed by atoms with van der Waals surface area (Å²) in [6.45, 7) is 7.01. The van der Waals surface area contributed by atoms with Crippen molar-refractivity contribution >= 4 is 23.2 Å². The molecule has 3 N–H and O–H groups in total. The maximum atomic E-state index is 10.0. The summed E-state index contributed by atoms with van der Waals surface area (Å²) in [5.41, 5.74) is 6.49. The SMILES string of the molecule is C=C1CC[C@@H](CNCc2ncc(-c3cccc(-c4cccc(-c5cnc(CN6CC7CC6(CO)C7)c(OC)n5)c4Cl)c3Cl)nc2OC)N1. The van der Waals surface area contributed by atoms with Crippen LogP contribution in [0.15, 0.2) is 61.1 Å². The van der Waals surface area contributed by atoms with Gasteiger partial charge in [0.15, 0.2) is 0 Å². The molecule has 2 aromatic carbocycles. The summed E-state index contributed by atoms with van der Waals surface area (Å²) >= 11 is 14.2. The number of nitrogens with zero attached hydrogens (tertiary/aromatic N) is 5. The summed E-state index contributed by atoms with van der Waals surface area (Å²) in [5, 5.41) is 17.9. The van der Waals surface area contributed by atoms with Crippen LogP contribution in [0.25, 0.3) is 33.6 Å². The van der Waals surface area contributed by atoms with Crippen LogP contribution in [0, 0.1) is 5.92 Å². The molecular weight excluding hydrogens is 649 g/mol. The number of halogens is 2. The predicted molar refractivity (Wildman–Crippen MR) is 187 cm³/mol. The molecule has 8 rings (SSSR count). The van der Waals surface area contributed by atoms with E-state index in [1.165, 1.54) is 0 Å². The summed E-state index contributed by atoms with van der Waals surface area (Å²) in [5.74, 6) is 1.52. The zero-order chi connectivity index (χ0) is 33.4. The van der Waals surface area contributed by atoms with Crippen molar-refractivity contribution < 1.29 is 14.6 Å². The highest BCUT2D eigenvalue weighted by molar-refractivity contribution is 6.39. The Balaban J connectivity index is 1.13. The highest BCUT2D eigenvalue weighted by atomic mass is 35.5. The van der Waals surface area contributed by atoms with Gasteiger partial charge in [-0.05, 0) is 31.6 Å². The highest BCUT2D eigenvalue weighted by Crippen LogP contribution is 2.51. The first-order valence-electron chi connectivity index (χ1n) is 16.2. The normalized spacial score (nSPS) is 21.6. The molecule has 4 aliphatic rings. The van der Waals surface area contributed by atoms with E-state index in [1.807, 2.05) is 36.4 Å². The fourth-order valence-corrected chi connectivity index (χ4v) is 7.98. The monoisotopic (exact) mass is 687 g/mol. The average Bonchev–Trinajstić information content (AvgIpc) is 3.77. The van der Waals surface area contributed by atoms with Crippen molar-refractivity contribution in [1.82, 2.24) is 35.5 Å². The van der Waals surface area contributed by atoms with Crippen LogP contribution < -0.4 is 20.1 Å². The van der Waals surface area contributed by atoms with Gasteiger partial charge < -0.3 is 25.2 Å². The molecule has 4 aromatic rings. The zero-order valence-electron chi connectivity index (χ0n) is 27.1. The summed E-state index contributed by atoms with van der Waals surface area (Å²) in [6.07, 6.45) is 7.57. The first kappa shape index (κ1) is 32.7. The lowest BCUT2D eigenvalue weighted by atomic mass is 9.74. The van der Waals surface area contributed by atoms with Gasteiger partial charge >= 0.3 is 0 Å². The first-order valence-corrected chi connectivity index (χ1v) is 17.0. The van der Waals surface area contributed by atoms with Crippen LogP contribution in [0.2, 0.25) is 10.0 Å². The Hall–Kier alpha value is -3.80. The third kappa shape index (κ3) is 6.12. The van der Waals surface area contributed by atoms with Crippen molar-refractivity contribution in [3.8, 4) is 45.4 Å². The van der Waals surface area contributed by atoms with Crippen LogP contribution in [0.3, 0.4) is 0 Å². The van der Waals surface area contributed by atoms with Crippen LogP contribution in [-0.2, 0) is 13.1 Å². The molecule has 1 atom stereocenters. The van der Waals surface area contributed by atoms with Gasteiger partial charge in [-0.2, -0.15) is 0 Å². The van der Waals surface area contributed by atoms with E-state index in [4.69, 9.17) is 47.6 Å². The van der Waals surface area contributed by atoms with E-state index in [1.54, 1.807) is 26.6 Å². The van der Waals surface area contributed by atoms with Gasteiger partial charge in [0.1, 0.15) is 11.4 Å². The van der Waals surface area contributed by atoms with Gasteiger partial charge in [0, 0.05) is 65.7 Å². The third-order valence-corrected chi connectivity index (χ3v) is 10.7. The second kappa shape index (κ2) is 13.6. The van der Waals surface area contributed by atoms with E-state index < -0.39 is 0 Å². The Morgan fingerprint density at radius 2 is 1.52 bits per heavy atom. The van der Waals surface area contributed by atoms with Gasteiger partial charge in [-0.3, -0.25) is 14.9 Å². The summed E-state index contributed by atoms with van der Waals surface area (Å²) in [4.78, 5) is 21.3. The number of nitrogens with one attached hydrogen (secondary N) is 2. The Kier molecular flexibility index (Phi) is 9.28. The van der Waals surface area contributed by atoms with Crippen molar-refractivity contribution in [2.75, 3.05) is 33.9 Å². The number of ether oxygens (including phenoxy) is 2. The lowest BCUT2D eigenvalue weighted by Crippen LogP contribution is -2.48. The molecule has 12 heteroatoms. The minimum atomic E-state index is -0.138. The van der Waals surface area contributed by atoms with Gasteiger partial charge in [0.2, 0.25) is 11.8 Å². The standard InChI is InChI=1S/C36H39Cl2N7O3/c1-21-10-11-23(42-21)14-39-15-30-34(47-2)43-28(16-40-30)26-8-4-6-24(32(26)37)25-7-5-9-27(33(25)38)29-17-41-31(35(44-29)48-3)19-45-18-22-12-36(45,13-22)20-46/h4-9,16-17,22-23,39,42,46H,1,10-15,18-20H2,2-3H3/t22?,23-,36?/m0/s1. The molecule has 10 nitrogen and oxygen atoms in total. The predicted octanol–water partition coefficient (Wildman–Crippen LogP) is 5.90. The van der Waals surface area contributed by atoms with Gasteiger partial charge in [0.05, 0.1) is 54.7 Å². The van der Waals surface area contributed by atoms with Crippen molar-refractivity contribution in [1.29, 1.82) is 0 Å². The van der Waals surface area contributed by atoms with E-state index in [-0.39, 0.29) is 12.1 Å². The quantitative estimate of drug-likeness (QED) is 0.166. The number of aliphatic hydroxyl groups excluding tert-OH is 1. The molecule has 3 saturated heterocycles. The molecule has 0 unspecified atom stereocenters. The molecule has 0 spiro atoms. The smallest absolute Gasteiger partial charge is 0.237 e. The summed E-state index contributed by atoms with van der Waals surface area (Å²) in [7, 11) is 3.19. The van der Waals surface area contributed by atoms with Crippen molar-refractivity contribution in [2.24, 2.45) is 5.92 Å². The van der Waals surface area contributed by atoms with E-state index in [9.17, 15) is 5.11 Å². The number of methoxy groups -OCH3 is 2. The van der Waals surface area contributed by atoms with Crippen LogP contribution in [-0.4, -0.2) is 75.4 Å². The number of benzene rings is 2. The van der Waals surface area contributed by atoms with Crippen LogP contribution in [0.5, 0.6) is 11.8 Å². The Morgan fingerprint density at radius 1 is 0.938 bits per heavy atom. The molecule has 4 fully saturated rings. The fourth-order valence-electron chi connectivity index (χ4n) is 7.33. The number of allylic oxidation sites excluding steroid dienone is 1. The highest BCUT2D eigenvalue weighted by Gasteiger charge is 2.55. The molecule has 0 radical (unpaired) electrons. The zero-order valence-corrected chi connectivity index (χ0v) is 28.6. The molecule has 1 aliphatic carbocycles. The van der Waals surface area contributed by atoms with E-state index in [0.717, 1.165) is 61.3 Å². The Bertz CT molecular complexity index is 1850. The van der Waals surface area contributed by atoms with Crippen molar-refractivity contribution in [2.45, 2.75) is 50.4 Å². The fraction of sp³-hybridized carbons (Fsp3) is 0.389. The molecule has 3 aliphatic heterocycles.